The molecule has 18 heavy (non-hydrogen) atoms. The van der Waals surface area contributed by atoms with Crippen molar-refractivity contribution < 1.29 is 9.84 Å². The highest BCUT2D eigenvalue weighted by molar-refractivity contribution is 4.78. The fourth-order valence-electron chi connectivity index (χ4n) is 2.49. The standard InChI is InChI=1S/C14H30N2O2/c1-3-14(17,12-15)8-6-9-16(2)11-13-7-4-5-10-18-13/h13,17H,3-12,15H2,1-2H3. The smallest absolute Gasteiger partial charge is 0.0767 e. The quantitative estimate of drug-likeness (QED) is 0.690. The second-order valence-corrected chi connectivity index (χ2v) is 5.64. The van der Waals surface area contributed by atoms with Gasteiger partial charge in [0.1, 0.15) is 0 Å². The van der Waals surface area contributed by atoms with Crippen LogP contribution >= 0.6 is 0 Å². The monoisotopic (exact) mass is 258 g/mol. The molecule has 1 saturated heterocycles. The molecule has 0 bridgehead atoms. The summed E-state index contributed by atoms with van der Waals surface area (Å²) in [5.41, 5.74) is 4.94. The van der Waals surface area contributed by atoms with Crippen molar-refractivity contribution in [2.24, 2.45) is 5.73 Å². The van der Waals surface area contributed by atoms with Crippen molar-refractivity contribution in [2.75, 3.05) is 33.3 Å². The third kappa shape index (κ3) is 5.65. The molecule has 3 N–H and O–H groups in total. The van der Waals surface area contributed by atoms with E-state index < -0.39 is 5.60 Å². The second kappa shape index (κ2) is 8.10. The van der Waals surface area contributed by atoms with Crippen LogP contribution in [-0.2, 0) is 4.74 Å². The molecule has 1 heterocycles. The Morgan fingerprint density at radius 3 is 2.78 bits per heavy atom. The Hall–Kier alpha value is -0.160. The number of aliphatic hydroxyl groups is 1. The molecule has 0 aromatic rings. The molecule has 1 rings (SSSR count). The van der Waals surface area contributed by atoms with Crippen LogP contribution in [0.3, 0.4) is 0 Å². The fraction of sp³-hybridized carbons (Fsp3) is 1.00. The molecule has 1 aliphatic rings. The number of nitrogens with two attached hydrogens (primary N) is 1. The summed E-state index contributed by atoms with van der Waals surface area (Å²) in [6, 6.07) is 0. The first-order valence-electron chi connectivity index (χ1n) is 7.32. The summed E-state index contributed by atoms with van der Waals surface area (Å²) >= 11 is 0. The summed E-state index contributed by atoms with van der Waals surface area (Å²) in [5.74, 6) is 0. The van der Waals surface area contributed by atoms with E-state index in [1.807, 2.05) is 6.92 Å². The highest BCUT2D eigenvalue weighted by Crippen LogP contribution is 2.17. The maximum Gasteiger partial charge on any atom is 0.0767 e. The van der Waals surface area contributed by atoms with Gasteiger partial charge >= 0.3 is 0 Å². The number of hydrogen-bond acceptors (Lipinski definition) is 4. The molecule has 0 aliphatic carbocycles. The lowest BCUT2D eigenvalue weighted by atomic mass is 9.95. The normalized spacial score (nSPS) is 24.2. The summed E-state index contributed by atoms with van der Waals surface area (Å²) in [4.78, 5) is 2.31. The average molecular weight is 258 g/mol. The van der Waals surface area contributed by atoms with Crippen molar-refractivity contribution in [2.45, 2.75) is 57.2 Å². The zero-order valence-electron chi connectivity index (χ0n) is 12.0. The van der Waals surface area contributed by atoms with E-state index in [-0.39, 0.29) is 0 Å². The van der Waals surface area contributed by atoms with E-state index in [9.17, 15) is 5.11 Å². The summed E-state index contributed by atoms with van der Waals surface area (Å²) in [5, 5.41) is 10.1. The van der Waals surface area contributed by atoms with E-state index in [0.29, 0.717) is 12.6 Å². The van der Waals surface area contributed by atoms with Crippen molar-refractivity contribution in [3.63, 3.8) is 0 Å². The maximum atomic E-state index is 10.1. The Bertz CT molecular complexity index is 214. The molecule has 1 fully saturated rings. The number of nitrogens with zero attached hydrogens (tertiary/aromatic N) is 1. The van der Waals surface area contributed by atoms with Crippen LogP contribution in [0.1, 0.15) is 45.4 Å². The van der Waals surface area contributed by atoms with Crippen LogP contribution in [0, 0.1) is 0 Å². The van der Waals surface area contributed by atoms with Gasteiger partial charge in [0.2, 0.25) is 0 Å². The van der Waals surface area contributed by atoms with Crippen LogP contribution in [0.5, 0.6) is 0 Å². The number of ether oxygens (including phenoxy) is 1. The van der Waals surface area contributed by atoms with Crippen molar-refractivity contribution in [3.05, 3.63) is 0 Å². The molecule has 0 spiro atoms. The number of likely N-dealkylation sites (N-methyl/N-ethyl adjacent to an activating group) is 1. The van der Waals surface area contributed by atoms with Gasteiger partial charge in [-0.25, -0.2) is 0 Å². The molecule has 2 unspecified atom stereocenters. The van der Waals surface area contributed by atoms with Crippen molar-refractivity contribution in [3.8, 4) is 0 Å². The molecule has 1 aliphatic heterocycles. The Kier molecular flexibility index (Phi) is 7.15. The first kappa shape index (κ1) is 15.9. The van der Waals surface area contributed by atoms with Crippen molar-refractivity contribution in [1.82, 2.24) is 4.90 Å². The highest BCUT2D eigenvalue weighted by Gasteiger charge is 2.22. The molecule has 108 valence electrons. The van der Waals surface area contributed by atoms with E-state index in [0.717, 1.165) is 39.0 Å². The Balaban J connectivity index is 2.14. The van der Waals surface area contributed by atoms with E-state index in [1.54, 1.807) is 0 Å². The SMILES string of the molecule is CCC(O)(CN)CCCN(C)CC1CCCCO1. The maximum absolute atomic E-state index is 10.1. The van der Waals surface area contributed by atoms with Gasteiger partial charge in [-0.15, -0.1) is 0 Å². The third-order valence-electron chi connectivity index (χ3n) is 4.01. The van der Waals surface area contributed by atoms with Crippen LogP contribution in [0.25, 0.3) is 0 Å². The van der Waals surface area contributed by atoms with Gasteiger partial charge in [0, 0.05) is 19.7 Å². The van der Waals surface area contributed by atoms with Gasteiger partial charge in [-0.1, -0.05) is 6.92 Å². The van der Waals surface area contributed by atoms with Crippen LogP contribution in [-0.4, -0.2) is 55.0 Å². The van der Waals surface area contributed by atoms with Gasteiger partial charge < -0.3 is 20.5 Å². The minimum absolute atomic E-state index is 0.360. The zero-order chi connectivity index (χ0) is 13.4. The summed E-state index contributed by atoms with van der Waals surface area (Å²) in [7, 11) is 2.13. The molecule has 0 saturated carbocycles. The van der Waals surface area contributed by atoms with E-state index in [4.69, 9.17) is 10.5 Å². The van der Waals surface area contributed by atoms with Crippen LogP contribution < -0.4 is 5.73 Å². The predicted octanol–water partition coefficient (Wildman–Crippen LogP) is 1.37. The lowest BCUT2D eigenvalue weighted by molar-refractivity contribution is -0.00404. The van der Waals surface area contributed by atoms with Gasteiger partial charge in [-0.2, -0.15) is 0 Å². The van der Waals surface area contributed by atoms with Crippen molar-refractivity contribution in [1.29, 1.82) is 0 Å². The van der Waals surface area contributed by atoms with E-state index >= 15 is 0 Å². The Morgan fingerprint density at radius 2 is 2.22 bits per heavy atom. The largest absolute Gasteiger partial charge is 0.389 e. The lowest BCUT2D eigenvalue weighted by Gasteiger charge is -2.29. The second-order valence-electron chi connectivity index (χ2n) is 5.64. The molecule has 0 aromatic carbocycles. The highest BCUT2D eigenvalue weighted by atomic mass is 16.5. The van der Waals surface area contributed by atoms with Gasteiger partial charge in [-0.3, -0.25) is 0 Å². The summed E-state index contributed by atoms with van der Waals surface area (Å²) in [6.07, 6.45) is 6.61. The average Bonchev–Trinajstić information content (AvgIpc) is 2.39. The lowest BCUT2D eigenvalue weighted by Crippen LogP contribution is -2.38. The summed E-state index contributed by atoms with van der Waals surface area (Å²) < 4.78 is 5.73. The van der Waals surface area contributed by atoms with Crippen LogP contribution in [0.4, 0.5) is 0 Å². The Labute approximate surface area is 111 Å². The first-order chi connectivity index (χ1) is 8.59. The van der Waals surface area contributed by atoms with Crippen molar-refractivity contribution >= 4 is 0 Å². The topological polar surface area (TPSA) is 58.7 Å². The Morgan fingerprint density at radius 1 is 1.44 bits per heavy atom. The van der Waals surface area contributed by atoms with Crippen LogP contribution in [0.15, 0.2) is 0 Å². The minimum Gasteiger partial charge on any atom is -0.389 e. The zero-order valence-corrected chi connectivity index (χ0v) is 12.0. The van der Waals surface area contributed by atoms with Gasteiger partial charge in [-0.05, 0) is 52.1 Å². The fourth-order valence-corrected chi connectivity index (χ4v) is 2.49. The van der Waals surface area contributed by atoms with Gasteiger partial charge in [0.05, 0.1) is 11.7 Å². The van der Waals surface area contributed by atoms with Gasteiger partial charge in [0.25, 0.3) is 0 Å². The molecule has 0 radical (unpaired) electrons. The number of rotatable bonds is 8. The molecule has 0 amide bonds. The molecule has 4 nitrogen and oxygen atoms in total. The molecule has 4 heteroatoms. The summed E-state index contributed by atoms with van der Waals surface area (Å²) in [6.45, 7) is 5.28. The first-order valence-corrected chi connectivity index (χ1v) is 7.32. The van der Waals surface area contributed by atoms with Gasteiger partial charge in [0.15, 0.2) is 0 Å². The molecular formula is C14H30N2O2. The number of hydrogen-bond donors (Lipinski definition) is 2. The van der Waals surface area contributed by atoms with E-state index in [1.165, 1.54) is 19.3 Å². The minimum atomic E-state index is -0.665. The van der Waals surface area contributed by atoms with Crippen LogP contribution in [0.2, 0.25) is 0 Å². The molecule has 2 atom stereocenters. The predicted molar refractivity (Wildman–Crippen MR) is 74.6 cm³/mol. The molecule has 0 aromatic heterocycles. The third-order valence-corrected chi connectivity index (χ3v) is 4.01. The van der Waals surface area contributed by atoms with E-state index in [2.05, 4.69) is 11.9 Å². The molecular weight excluding hydrogens is 228 g/mol.